The topological polar surface area (TPSA) is 38.0 Å². The van der Waals surface area contributed by atoms with E-state index >= 15 is 0 Å². The fraction of sp³-hybridized carbons (Fsp3) is 0.182. The van der Waals surface area contributed by atoms with Gasteiger partial charge in [0.1, 0.15) is 5.75 Å². The first-order chi connectivity index (χ1) is 6.68. The van der Waals surface area contributed by atoms with E-state index in [1.807, 2.05) is 37.0 Å². The Hall–Kier alpha value is -1.77. The number of hydrogen-bond donors (Lipinski definition) is 1. The summed E-state index contributed by atoms with van der Waals surface area (Å²) in [6.07, 6.45) is 1.84. The van der Waals surface area contributed by atoms with E-state index in [2.05, 4.69) is 5.10 Å². The standard InChI is InChI=1S/C11H12N2O/c1-8-7-12-13(2)11(8)9-3-5-10(14)6-4-9/h3-7,14H,1-2H3. The maximum Gasteiger partial charge on any atom is 0.115 e. The summed E-state index contributed by atoms with van der Waals surface area (Å²) in [6.45, 7) is 2.02. The third-order valence-electron chi connectivity index (χ3n) is 2.26. The van der Waals surface area contributed by atoms with Crippen molar-refractivity contribution in [1.82, 2.24) is 9.78 Å². The molecule has 1 aromatic carbocycles. The van der Waals surface area contributed by atoms with Gasteiger partial charge in [-0.1, -0.05) is 0 Å². The van der Waals surface area contributed by atoms with E-state index in [0.29, 0.717) is 0 Å². The maximum atomic E-state index is 9.17. The van der Waals surface area contributed by atoms with Gasteiger partial charge in [-0.05, 0) is 36.8 Å². The lowest BCUT2D eigenvalue weighted by molar-refractivity contribution is 0.475. The van der Waals surface area contributed by atoms with Crippen LogP contribution in [0.4, 0.5) is 0 Å². The number of aryl methyl sites for hydroxylation is 2. The predicted octanol–water partition coefficient (Wildman–Crippen LogP) is 2.10. The summed E-state index contributed by atoms with van der Waals surface area (Å²) in [7, 11) is 1.91. The average Bonchev–Trinajstić information content (AvgIpc) is 2.49. The van der Waals surface area contributed by atoms with Gasteiger partial charge < -0.3 is 5.11 Å². The minimum atomic E-state index is 0.286. The number of phenolic OH excluding ortho intramolecular Hbond substituents is 1. The van der Waals surface area contributed by atoms with Crippen molar-refractivity contribution in [3.63, 3.8) is 0 Å². The molecule has 0 radical (unpaired) electrons. The van der Waals surface area contributed by atoms with Crippen LogP contribution in [0.3, 0.4) is 0 Å². The van der Waals surface area contributed by atoms with Crippen LogP contribution in [0.15, 0.2) is 30.5 Å². The molecule has 3 heteroatoms. The molecule has 2 rings (SSSR count). The van der Waals surface area contributed by atoms with Crippen LogP contribution >= 0.6 is 0 Å². The molecule has 0 bridgehead atoms. The summed E-state index contributed by atoms with van der Waals surface area (Å²) in [5.41, 5.74) is 3.29. The van der Waals surface area contributed by atoms with Crippen molar-refractivity contribution in [1.29, 1.82) is 0 Å². The Labute approximate surface area is 82.6 Å². The van der Waals surface area contributed by atoms with E-state index in [-0.39, 0.29) is 5.75 Å². The van der Waals surface area contributed by atoms with Crippen molar-refractivity contribution in [2.75, 3.05) is 0 Å². The van der Waals surface area contributed by atoms with Crippen LogP contribution in [-0.4, -0.2) is 14.9 Å². The van der Waals surface area contributed by atoms with Crippen LogP contribution in [0.1, 0.15) is 5.56 Å². The van der Waals surface area contributed by atoms with Gasteiger partial charge in [-0.3, -0.25) is 4.68 Å². The molecule has 0 aliphatic heterocycles. The number of rotatable bonds is 1. The molecule has 0 amide bonds. The Morgan fingerprint density at radius 3 is 2.36 bits per heavy atom. The molecule has 1 heterocycles. The van der Waals surface area contributed by atoms with Crippen molar-refractivity contribution in [2.45, 2.75) is 6.92 Å². The minimum absolute atomic E-state index is 0.286. The van der Waals surface area contributed by atoms with Crippen LogP contribution in [0.2, 0.25) is 0 Å². The Balaban J connectivity index is 2.54. The summed E-state index contributed by atoms with van der Waals surface area (Å²) in [6, 6.07) is 7.14. The highest BCUT2D eigenvalue weighted by Crippen LogP contribution is 2.23. The second kappa shape index (κ2) is 3.18. The van der Waals surface area contributed by atoms with Gasteiger partial charge in [-0.15, -0.1) is 0 Å². The molecular weight excluding hydrogens is 176 g/mol. The zero-order chi connectivity index (χ0) is 10.1. The third-order valence-corrected chi connectivity index (χ3v) is 2.26. The van der Waals surface area contributed by atoms with Gasteiger partial charge in [0.2, 0.25) is 0 Å². The summed E-state index contributed by atoms with van der Waals surface area (Å²) >= 11 is 0. The molecular formula is C11H12N2O. The fourth-order valence-electron chi connectivity index (χ4n) is 1.58. The van der Waals surface area contributed by atoms with E-state index in [9.17, 15) is 5.11 Å². The number of nitrogens with zero attached hydrogens (tertiary/aromatic N) is 2. The molecule has 72 valence electrons. The van der Waals surface area contributed by atoms with Gasteiger partial charge >= 0.3 is 0 Å². The highest BCUT2D eigenvalue weighted by Gasteiger charge is 2.06. The quantitative estimate of drug-likeness (QED) is 0.744. The predicted molar refractivity (Wildman–Crippen MR) is 55.0 cm³/mol. The van der Waals surface area contributed by atoms with Crippen LogP contribution in [0, 0.1) is 6.92 Å². The van der Waals surface area contributed by atoms with Gasteiger partial charge in [-0.2, -0.15) is 5.10 Å². The lowest BCUT2D eigenvalue weighted by Crippen LogP contribution is -1.93. The normalized spacial score (nSPS) is 10.4. The van der Waals surface area contributed by atoms with Crippen molar-refractivity contribution < 1.29 is 5.11 Å². The molecule has 1 aromatic heterocycles. The van der Waals surface area contributed by atoms with E-state index in [1.165, 1.54) is 0 Å². The molecule has 0 aliphatic carbocycles. The first-order valence-corrected chi connectivity index (χ1v) is 4.46. The average molecular weight is 188 g/mol. The molecule has 3 nitrogen and oxygen atoms in total. The lowest BCUT2D eigenvalue weighted by atomic mass is 10.1. The highest BCUT2D eigenvalue weighted by atomic mass is 16.3. The van der Waals surface area contributed by atoms with Gasteiger partial charge in [0.15, 0.2) is 0 Å². The van der Waals surface area contributed by atoms with E-state index in [4.69, 9.17) is 0 Å². The largest absolute Gasteiger partial charge is 0.508 e. The molecule has 0 saturated carbocycles. The molecule has 1 N–H and O–H groups in total. The maximum absolute atomic E-state index is 9.17. The SMILES string of the molecule is Cc1cnn(C)c1-c1ccc(O)cc1. The number of hydrogen-bond acceptors (Lipinski definition) is 2. The van der Waals surface area contributed by atoms with Crippen LogP contribution in [-0.2, 0) is 7.05 Å². The Kier molecular flexibility index (Phi) is 2.00. The molecule has 14 heavy (non-hydrogen) atoms. The summed E-state index contributed by atoms with van der Waals surface area (Å²) < 4.78 is 1.84. The van der Waals surface area contributed by atoms with Gasteiger partial charge in [0.25, 0.3) is 0 Å². The van der Waals surface area contributed by atoms with Crippen LogP contribution in [0.25, 0.3) is 11.3 Å². The molecule has 0 aliphatic rings. The zero-order valence-electron chi connectivity index (χ0n) is 8.23. The highest BCUT2D eigenvalue weighted by molar-refractivity contribution is 5.63. The minimum Gasteiger partial charge on any atom is -0.508 e. The molecule has 0 atom stereocenters. The molecule has 0 fully saturated rings. The van der Waals surface area contributed by atoms with E-state index < -0.39 is 0 Å². The molecule has 2 aromatic rings. The second-order valence-corrected chi connectivity index (χ2v) is 3.35. The number of phenols is 1. The van der Waals surface area contributed by atoms with Crippen molar-refractivity contribution in [2.24, 2.45) is 7.05 Å². The van der Waals surface area contributed by atoms with E-state index in [0.717, 1.165) is 16.8 Å². The number of aromatic hydroxyl groups is 1. The first-order valence-electron chi connectivity index (χ1n) is 4.46. The van der Waals surface area contributed by atoms with Gasteiger partial charge in [0.05, 0.1) is 11.9 Å². The molecule has 0 unspecified atom stereocenters. The van der Waals surface area contributed by atoms with Crippen molar-refractivity contribution >= 4 is 0 Å². The van der Waals surface area contributed by atoms with Gasteiger partial charge in [0, 0.05) is 12.6 Å². The zero-order valence-corrected chi connectivity index (χ0v) is 8.23. The van der Waals surface area contributed by atoms with Crippen molar-refractivity contribution in [3.8, 4) is 17.0 Å². The van der Waals surface area contributed by atoms with Crippen molar-refractivity contribution in [3.05, 3.63) is 36.0 Å². The Morgan fingerprint density at radius 2 is 1.86 bits per heavy atom. The first kappa shape index (κ1) is 8.81. The monoisotopic (exact) mass is 188 g/mol. The summed E-state index contributed by atoms with van der Waals surface area (Å²) in [5.74, 6) is 0.286. The van der Waals surface area contributed by atoms with E-state index in [1.54, 1.807) is 12.1 Å². The molecule has 0 saturated heterocycles. The Morgan fingerprint density at radius 1 is 1.21 bits per heavy atom. The third kappa shape index (κ3) is 1.37. The molecule has 0 spiro atoms. The number of aromatic nitrogens is 2. The van der Waals surface area contributed by atoms with Gasteiger partial charge in [-0.25, -0.2) is 0 Å². The van der Waals surface area contributed by atoms with Crippen LogP contribution < -0.4 is 0 Å². The fourth-order valence-corrected chi connectivity index (χ4v) is 1.58. The summed E-state index contributed by atoms with van der Waals surface area (Å²) in [5, 5.41) is 13.3. The lowest BCUT2D eigenvalue weighted by Gasteiger charge is -2.03. The second-order valence-electron chi connectivity index (χ2n) is 3.35. The van der Waals surface area contributed by atoms with Crippen LogP contribution in [0.5, 0.6) is 5.75 Å². The smallest absolute Gasteiger partial charge is 0.115 e. The number of benzene rings is 1. The Bertz CT molecular complexity index is 423. The summed E-state index contributed by atoms with van der Waals surface area (Å²) in [4.78, 5) is 0.